The molecule has 18 heavy (non-hydrogen) atoms. The Kier molecular flexibility index (Phi) is 4.88. The molecule has 0 amide bonds. The topological polar surface area (TPSA) is 49.6 Å². The number of aliphatic imine (C=N–C) groups is 1. The van der Waals surface area contributed by atoms with Crippen LogP contribution in [0.5, 0.6) is 0 Å². The minimum absolute atomic E-state index is 0.733. The number of hydrogen-bond acceptors (Lipinski definition) is 2. The zero-order chi connectivity index (χ0) is 12.6. The van der Waals surface area contributed by atoms with Gasteiger partial charge < -0.3 is 15.1 Å². The summed E-state index contributed by atoms with van der Waals surface area (Å²) >= 11 is 0. The molecule has 1 fully saturated rings. The number of nitrogens with zero attached hydrogens (tertiary/aromatic N) is 1. The smallest absolute Gasteiger partial charge is 0.191 e. The summed E-state index contributed by atoms with van der Waals surface area (Å²) in [4.78, 5) is 4.56. The van der Waals surface area contributed by atoms with Gasteiger partial charge in [-0.3, -0.25) is 4.99 Å². The van der Waals surface area contributed by atoms with Crippen molar-refractivity contribution in [1.82, 2.24) is 10.6 Å². The Bertz CT molecular complexity index is 380. The summed E-state index contributed by atoms with van der Waals surface area (Å²) in [6, 6.07) is 3.90. The highest BCUT2D eigenvalue weighted by Crippen LogP contribution is 2.28. The lowest BCUT2D eigenvalue weighted by atomic mass is 10.3. The summed E-state index contributed by atoms with van der Waals surface area (Å²) in [5.41, 5.74) is 0. The van der Waals surface area contributed by atoms with Crippen molar-refractivity contribution in [3.8, 4) is 0 Å². The van der Waals surface area contributed by atoms with Crippen LogP contribution in [0.4, 0.5) is 0 Å². The quantitative estimate of drug-likeness (QED) is 0.440. The number of furan rings is 1. The van der Waals surface area contributed by atoms with Gasteiger partial charge in [-0.15, -0.1) is 6.58 Å². The van der Waals surface area contributed by atoms with E-state index in [1.165, 1.54) is 12.8 Å². The lowest BCUT2D eigenvalue weighted by molar-refractivity contribution is 0.507. The second-order valence-electron chi connectivity index (χ2n) is 4.56. The van der Waals surface area contributed by atoms with Crippen LogP contribution < -0.4 is 10.6 Å². The number of guanidine groups is 1. The first kappa shape index (κ1) is 12.7. The molecule has 0 bridgehead atoms. The predicted molar refractivity (Wildman–Crippen MR) is 73.6 cm³/mol. The summed E-state index contributed by atoms with van der Waals surface area (Å²) < 4.78 is 5.29. The molecular weight excluding hydrogens is 226 g/mol. The molecule has 2 rings (SSSR count). The van der Waals surface area contributed by atoms with E-state index in [0.29, 0.717) is 0 Å². The molecule has 1 saturated carbocycles. The Morgan fingerprint density at radius 3 is 3.06 bits per heavy atom. The van der Waals surface area contributed by atoms with Crippen LogP contribution in [0, 0.1) is 5.92 Å². The fourth-order valence-electron chi connectivity index (χ4n) is 1.62. The van der Waals surface area contributed by atoms with Crippen LogP contribution in [0.1, 0.15) is 18.6 Å². The second kappa shape index (κ2) is 6.89. The number of hydrogen-bond donors (Lipinski definition) is 2. The van der Waals surface area contributed by atoms with Crippen LogP contribution in [-0.2, 0) is 6.42 Å². The molecule has 0 radical (unpaired) electrons. The lowest BCUT2D eigenvalue weighted by Gasteiger charge is -2.10. The average molecular weight is 247 g/mol. The maximum Gasteiger partial charge on any atom is 0.191 e. The maximum atomic E-state index is 5.29. The van der Waals surface area contributed by atoms with Crippen molar-refractivity contribution in [3.05, 3.63) is 36.8 Å². The van der Waals surface area contributed by atoms with E-state index in [-0.39, 0.29) is 0 Å². The van der Waals surface area contributed by atoms with Crippen molar-refractivity contribution in [2.45, 2.75) is 19.3 Å². The lowest BCUT2D eigenvalue weighted by Crippen LogP contribution is -2.38. The van der Waals surface area contributed by atoms with E-state index in [0.717, 1.165) is 43.7 Å². The van der Waals surface area contributed by atoms with Gasteiger partial charge in [-0.05, 0) is 30.9 Å². The fraction of sp³-hybridized carbons (Fsp3) is 0.500. The molecule has 1 heterocycles. The molecule has 1 aromatic heterocycles. The molecular formula is C14H21N3O. The van der Waals surface area contributed by atoms with Crippen molar-refractivity contribution >= 4 is 5.96 Å². The normalized spacial score (nSPS) is 15.4. The molecule has 0 spiro atoms. The van der Waals surface area contributed by atoms with E-state index in [9.17, 15) is 0 Å². The van der Waals surface area contributed by atoms with Gasteiger partial charge in [0.15, 0.2) is 5.96 Å². The van der Waals surface area contributed by atoms with Crippen molar-refractivity contribution in [3.63, 3.8) is 0 Å². The zero-order valence-corrected chi connectivity index (χ0v) is 10.7. The minimum Gasteiger partial charge on any atom is -0.469 e. The molecule has 0 aliphatic heterocycles. The SMILES string of the molecule is C=CCNC(=NCC1CC1)NCCc1ccco1. The van der Waals surface area contributed by atoms with Crippen molar-refractivity contribution in [2.24, 2.45) is 10.9 Å². The molecule has 0 unspecified atom stereocenters. The van der Waals surface area contributed by atoms with E-state index in [1.807, 2.05) is 18.2 Å². The van der Waals surface area contributed by atoms with Crippen LogP contribution in [0.2, 0.25) is 0 Å². The first-order valence-corrected chi connectivity index (χ1v) is 6.54. The molecule has 0 saturated heterocycles. The van der Waals surface area contributed by atoms with Gasteiger partial charge in [0.2, 0.25) is 0 Å². The molecule has 1 aromatic rings. The molecule has 2 N–H and O–H groups in total. The van der Waals surface area contributed by atoms with Crippen LogP contribution in [0.25, 0.3) is 0 Å². The van der Waals surface area contributed by atoms with Crippen LogP contribution in [0.3, 0.4) is 0 Å². The standard InChI is InChI=1S/C14H21N3O/c1-2-8-15-14(17-11-12-5-6-12)16-9-7-13-4-3-10-18-13/h2-4,10,12H,1,5-9,11H2,(H2,15,16,17). The largest absolute Gasteiger partial charge is 0.469 e. The van der Waals surface area contributed by atoms with Crippen LogP contribution in [-0.4, -0.2) is 25.6 Å². The van der Waals surface area contributed by atoms with Gasteiger partial charge >= 0.3 is 0 Å². The maximum absolute atomic E-state index is 5.29. The van der Waals surface area contributed by atoms with Crippen LogP contribution >= 0.6 is 0 Å². The third kappa shape index (κ3) is 4.65. The Labute approximate surface area is 108 Å². The molecule has 0 aromatic carbocycles. The predicted octanol–water partition coefficient (Wildman–Crippen LogP) is 1.95. The third-order valence-electron chi connectivity index (χ3n) is 2.86. The highest BCUT2D eigenvalue weighted by Gasteiger charge is 2.20. The number of nitrogens with one attached hydrogen (secondary N) is 2. The summed E-state index contributed by atoms with van der Waals surface area (Å²) in [5, 5.41) is 6.53. The van der Waals surface area contributed by atoms with E-state index in [4.69, 9.17) is 4.42 Å². The highest BCUT2D eigenvalue weighted by molar-refractivity contribution is 5.79. The third-order valence-corrected chi connectivity index (χ3v) is 2.86. The summed E-state index contributed by atoms with van der Waals surface area (Å²) in [6.45, 7) is 6.18. The van der Waals surface area contributed by atoms with Gasteiger partial charge in [-0.1, -0.05) is 6.08 Å². The summed E-state index contributed by atoms with van der Waals surface area (Å²) in [6.07, 6.45) is 7.05. The Morgan fingerprint density at radius 1 is 1.50 bits per heavy atom. The number of rotatable bonds is 7. The summed E-state index contributed by atoms with van der Waals surface area (Å²) in [7, 11) is 0. The van der Waals surface area contributed by atoms with Gasteiger partial charge in [0, 0.05) is 26.1 Å². The van der Waals surface area contributed by atoms with Gasteiger partial charge in [0.1, 0.15) is 5.76 Å². The van der Waals surface area contributed by atoms with E-state index in [2.05, 4.69) is 22.2 Å². The van der Waals surface area contributed by atoms with Crippen molar-refractivity contribution < 1.29 is 4.42 Å². The van der Waals surface area contributed by atoms with Crippen molar-refractivity contribution in [2.75, 3.05) is 19.6 Å². The Hall–Kier alpha value is -1.71. The molecule has 1 aliphatic carbocycles. The molecule has 4 heteroatoms. The highest BCUT2D eigenvalue weighted by atomic mass is 16.3. The first-order chi connectivity index (χ1) is 8.88. The summed E-state index contributed by atoms with van der Waals surface area (Å²) in [5.74, 6) is 2.67. The van der Waals surface area contributed by atoms with Gasteiger partial charge in [-0.2, -0.15) is 0 Å². The fourth-order valence-corrected chi connectivity index (χ4v) is 1.62. The van der Waals surface area contributed by atoms with E-state index in [1.54, 1.807) is 6.26 Å². The zero-order valence-electron chi connectivity index (χ0n) is 10.7. The Balaban J connectivity index is 1.72. The minimum atomic E-state index is 0.733. The van der Waals surface area contributed by atoms with Gasteiger partial charge in [-0.25, -0.2) is 0 Å². The van der Waals surface area contributed by atoms with Gasteiger partial charge in [0.25, 0.3) is 0 Å². The molecule has 4 nitrogen and oxygen atoms in total. The van der Waals surface area contributed by atoms with Crippen LogP contribution in [0.15, 0.2) is 40.5 Å². The van der Waals surface area contributed by atoms with Crippen molar-refractivity contribution in [1.29, 1.82) is 0 Å². The monoisotopic (exact) mass is 247 g/mol. The van der Waals surface area contributed by atoms with E-state index >= 15 is 0 Å². The Morgan fingerprint density at radius 2 is 2.39 bits per heavy atom. The molecule has 0 atom stereocenters. The molecule has 98 valence electrons. The molecule has 1 aliphatic rings. The van der Waals surface area contributed by atoms with E-state index < -0.39 is 0 Å². The van der Waals surface area contributed by atoms with Gasteiger partial charge in [0.05, 0.1) is 6.26 Å². The first-order valence-electron chi connectivity index (χ1n) is 6.54. The average Bonchev–Trinajstić information content (AvgIpc) is 3.07. The second-order valence-corrected chi connectivity index (χ2v) is 4.56.